The van der Waals surface area contributed by atoms with Crippen LogP contribution in [0.1, 0.15) is 34.3 Å². The van der Waals surface area contributed by atoms with Crippen LogP contribution in [-0.4, -0.2) is 78.8 Å². The summed E-state index contributed by atoms with van der Waals surface area (Å²) in [6.45, 7) is 2.42. The molecule has 0 saturated carbocycles. The maximum absolute atomic E-state index is 14.5. The third-order valence-corrected chi connectivity index (χ3v) is 9.72. The summed E-state index contributed by atoms with van der Waals surface area (Å²) in [6, 6.07) is 14.8. The molecule has 44 heavy (non-hydrogen) atoms. The second-order valence-corrected chi connectivity index (χ2v) is 13.5. The quantitative estimate of drug-likeness (QED) is 0.279. The summed E-state index contributed by atoms with van der Waals surface area (Å²) in [6.07, 6.45) is 4.25. The molecule has 2 atom stereocenters. The molecule has 4 heterocycles. The van der Waals surface area contributed by atoms with Gasteiger partial charge in [0.15, 0.2) is 0 Å². The molecule has 230 valence electrons. The average Bonchev–Trinajstić information content (AvgIpc) is 3.70. The van der Waals surface area contributed by atoms with Crippen molar-refractivity contribution in [3.05, 3.63) is 87.2 Å². The van der Waals surface area contributed by atoms with Gasteiger partial charge in [0.1, 0.15) is 6.04 Å². The first-order chi connectivity index (χ1) is 21.3. The molecule has 4 aromatic rings. The number of aromatic amines is 1. The van der Waals surface area contributed by atoms with Crippen molar-refractivity contribution in [2.75, 3.05) is 45.2 Å². The molecule has 2 aromatic carbocycles. The maximum Gasteiger partial charge on any atom is 0.254 e. The van der Waals surface area contributed by atoms with Gasteiger partial charge in [-0.05, 0) is 86.1 Å². The molecule has 1 saturated heterocycles. The van der Waals surface area contributed by atoms with Gasteiger partial charge in [-0.2, -0.15) is 11.3 Å². The molecule has 6 rings (SSSR count). The fourth-order valence-electron chi connectivity index (χ4n) is 6.67. The molecule has 0 spiro atoms. The fraction of sp³-hybridized carbons (Fsp3) is 0.382. The number of anilines is 1. The summed E-state index contributed by atoms with van der Waals surface area (Å²) < 4.78 is 0. The lowest BCUT2D eigenvalue weighted by Crippen LogP contribution is -2.54. The predicted octanol–water partition coefficient (Wildman–Crippen LogP) is 5.23. The van der Waals surface area contributed by atoms with Crippen LogP contribution >= 0.6 is 22.9 Å². The molecule has 8 nitrogen and oxygen atoms in total. The van der Waals surface area contributed by atoms with Gasteiger partial charge in [0.2, 0.25) is 11.8 Å². The number of carbonyl (C=O) groups excluding carboxylic acids is 3. The van der Waals surface area contributed by atoms with Gasteiger partial charge in [0.25, 0.3) is 5.91 Å². The van der Waals surface area contributed by atoms with Crippen molar-refractivity contribution in [3.8, 4) is 0 Å². The van der Waals surface area contributed by atoms with Crippen molar-refractivity contribution < 1.29 is 14.4 Å². The highest BCUT2D eigenvalue weighted by molar-refractivity contribution is 7.08. The zero-order chi connectivity index (χ0) is 30.8. The maximum atomic E-state index is 14.5. The number of hydrogen-bond acceptors (Lipinski definition) is 5. The smallest absolute Gasteiger partial charge is 0.254 e. The fourth-order valence-corrected chi connectivity index (χ4v) is 7.50. The van der Waals surface area contributed by atoms with Crippen LogP contribution in [-0.2, 0) is 22.4 Å². The van der Waals surface area contributed by atoms with Crippen LogP contribution in [0.4, 0.5) is 5.69 Å². The van der Waals surface area contributed by atoms with E-state index in [4.69, 9.17) is 11.6 Å². The van der Waals surface area contributed by atoms with Crippen molar-refractivity contribution in [2.24, 2.45) is 11.8 Å². The van der Waals surface area contributed by atoms with Gasteiger partial charge < -0.3 is 25.0 Å². The van der Waals surface area contributed by atoms with E-state index in [1.807, 2.05) is 89.4 Å². The Bertz CT molecular complexity index is 1640. The van der Waals surface area contributed by atoms with E-state index in [-0.39, 0.29) is 29.6 Å². The van der Waals surface area contributed by atoms with Crippen molar-refractivity contribution in [3.63, 3.8) is 0 Å². The number of nitrogens with one attached hydrogen (secondary N) is 2. The third-order valence-electron chi connectivity index (χ3n) is 8.81. The van der Waals surface area contributed by atoms with Crippen molar-refractivity contribution in [1.82, 2.24) is 20.1 Å². The van der Waals surface area contributed by atoms with Gasteiger partial charge in [0, 0.05) is 71.7 Å². The number of amides is 3. The van der Waals surface area contributed by atoms with Gasteiger partial charge in [0.05, 0.1) is 5.56 Å². The van der Waals surface area contributed by atoms with Crippen LogP contribution in [0.15, 0.2) is 65.5 Å². The number of halogens is 1. The van der Waals surface area contributed by atoms with Crippen LogP contribution in [0.5, 0.6) is 0 Å². The van der Waals surface area contributed by atoms with Crippen LogP contribution in [0.3, 0.4) is 0 Å². The minimum atomic E-state index is -0.756. The zero-order valence-corrected chi connectivity index (χ0v) is 26.7. The Labute approximate surface area is 267 Å². The Hall–Kier alpha value is -3.66. The van der Waals surface area contributed by atoms with Gasteiger partial charge >= 0.3 is 0 Å². The highest BCUT2D eigenvalue weighted by Crippen LogP contribution is 2.33. The van der Waals surface area contributed by atoms with Gasteiger partial charge in [-0.1, -0.05) is 29.8 Å². The van der Waals surface area contributed by atoms with E-state index in [1.54, 1.807) is 0 Å². The van der Waals surface area contributed by atoms with Crippen molar-refractivity contribution in [1.29, 1.82) is 0 Å². The van der Waals surface area contributed by atoms with Crippen LogP contribution in [0, 0.1) is 11.8 Å². The molecule has 2 aliphatic rings. The normalized spacial score (nSPS) is 18.0. The Kier molecular flexibility index (Phi) is 9.07. The van der Waals surface area contributed by atoms with E-state index in [2.05, 4.69) is 15.2 Å². The first kappa shape index (κ1) is 30.4. The Morgan fingerprint density at radius 2 is 1.91 bits per heavy atom. The van der Waals surface area contributed by atoms with E-state index in [0.29, 0.717) is 49.5 Å². The van der Waals surface area contributed by atoms with Gasteiger partial charge in [-0.15, -0.1) is 0 Å². The molecule has 2 aliphatic heterocycles. The zero-order valence-electron chi connectivity index (χ0n) is 25.1. The Morgan fingerprint density at radius 3 is 2.66 bits per heavy atom. The number of thiophene rings is 1. The van der Waals surface area contributed by atoms with E-state index >= 15 is 0 Å². The molecule has 0 unspecified atom stereocenters. The standard InChI is InChI=1S/C34H38ClN5O3S/c1-38(2)19-22-15-25-16-27(35)7-8-31(25)40(20-22)34(43)30(17-26-18-36-29-6-4-3-5-28(26)29)37-32(41)23-9-12-39(13-10-23)33(42)24-11-14-44-21-24/h3-8,11,14,16,18,21-23,30,36H,9-10,12-13,15,17,19-20H2,1-2H3,(H,37,41)/t22-,30-/m1/s1. The number of para-hydroxylation sites is 1. The molecule has 0 bridgehead atoms. The monoisotopic (exact) mass is 631 g/mol. The number of H-pyrrole nitrogens is 1. The van der Waals surface area contributed by atoms with E-state index in [1.165, 1.54) is 11.3 Å². The first-order valence-corrected chi connectivity index (χ1v) is 16.5. The number of rotatable bonds is 8. The average molecular weight is 632 g/mol. The second-order valence-electron chi connectivity index (χ2n) is 12.3. The number of aromatic nitrogens is 1. The van der Waals surface area contributed by atoms with E-state index in [0.717, 1.165) is 40.7 Å². The summed E-state index contributed by atoms with van der Waals surface area (Å²) >= 11 is 7.89. The minimum Gasteiger partial charge on any atom is -0.361 e. The molecular weight excluding hydrogens is 594 g/mol. The second kappa shape index (κ2) is 13.1. The topological polar surface area (TPSA) is 88.8 Å². The number of benzene rings is 2. The molecule has 10 heteroatoms. The van der Waals surface area contributed by atoms with Crippen LogP contribution in [0.25, 0.3) is 10.9 Å². The number of likely N-dealkylation sites (tertiary alicyclic amines) is 1. The summed E-state index contributed by atoms with van der Waals surface area (Å²) in [5.41, 5.74) is 4.56. The summed E-state index contributed by atoms with van der Waals surface area (Å²) in [5.74, 6) is -0.290. The number of hydrogen-bond donors (Lipinski definition) is 2. The highest BCUT2D eigenvalue weighted by Gasteiger charge is 2.36. The van der Waals surface area contributed by atoms with Crippen molar-refractivity contribution >= 4 is 57.2 Å². The summed E-state index contributed by atoms with van der Waals surface area (Å²) in [4.78, 5) is 50.3. The Balaban J connectivity index is 1.24. The molecule has 0 aliphatic carbocycles. The van der Waals surface area contributed by atoms with Crippen LogP contribution < -0.4 is 10.2 Å². The molecular formula is C34H38ClN5O3S. The SMILES string of the molecule is CN(C)C[C@H]1Cc2cc(Cl)ccc2N(C(=O)[C@@H](Cc2c[nH]c3ccccc23)NC(=O)C2CCN(C(=O)c3ccsc3)CC2)C1. The lowest BCUT2D eigenvalue weighted by atomic mass is 9.90. The van der Waals surface area contributed by atoms with Gasteiger partial charge in [-0.3, -0.25) is 14.4 Å². The lowest BCUT2D eigenvalue weighted by Gasteiger charge is -2.38. The first-order valence-electron chi connectivity index (χ1n) is 15.2. The highest BCUT2D eigenvalue weighted by atomic mass is 35.5. The largest absolute Gasteiger partial charge is 0.361 e. The molecule has 3 amide bonds. The molecule has 0 radical (unpaired) electrons. The molecule has 2 aromatic heterocycles. The number of nitrogens with zero attached hydrogens (tertiary/aromatic N) is 3. The number of fused-ring (bicyclic) bond motifs is 2. The minimum absolute atomic E-state index is 0.00800. The molecule has 2 N–H and O–H groups in total. The third kappa shape index (κ3) is 6.55. The molecule has 1 fully saturated rings. The lowest BCUT2D eigenvalue weighted by molar-refractivity contribution is -0.131. The van der Waals surface area contributed by atoms with Gasteiger partial charge in [-0.25, -0.2) is 0 Å². The Morgan fingerprint density at radius 1 is 1.11 bits per heavy atom. The van der Waals surface area contributed by atoms with E-state index < -0.39 is 6.04 Å². The van der Waals surface area contributed by atoms with E-state index in [9.17, 15) is 14.4 Å². The predicted molar refractivity (Wildman–Crippen MR) is 176 cm³/mol. The van der Waals surface area contributed by atoms with Crippen molar-refractivity contribution in [2.45, 2.75) is 31.7 Å². The number of piperidine rings is 1. The summed E-state index contributed by atoms with van der Waals surface area (Å²) in [7, 11) is 4.08. The summed E-state index contributed by atoms with van der Waals surface area (Å²) in [5, 5.41) is 8.62. The van der Waals surface area contributed by atoms with Crippen LogP contribution in [0.2, 0.25) is 5.02 Å². The number of carbonyl (C=O) groups is 3.